The molecule has 0 aliphatic rings. The Bertz CT molecular complexity index is 528. The molecular weight excluding hydrogens is 240 g/mol. The molecule has 2 aromatic rings. The molecule has 5 nitrogen and oxygen atoms in total. The molecule has 1 unspecified atom stereocenters. The van der Waals surface area contributed by atoms with Crippen molar-refractivity contribution in [1.29, 1.82) is 0 Å². The van der Waals surface area contributed by atoms with Crippen molar-refractivity contribution in [2.75, 3.05) is 6.61 Å². The highest BCUT2D eigenvalue weighted by Gasteiger charge is 2.05. The van der Waals surface area contributed by atoms with Gasteiger partial charge in [0.25, 0.3) is 0 Å². The van der Waals surface area contributed by atoms with Gasteiger partial charge in [-0.1, -0.05) is 11.3 Å². The van der Waals surface area contributed by atoms with E-state index in [1.165, 1.54) is 11.1 Å². The Morgan fingerprint density at radius 3 is 2.53 bits per heavy atom. The molecule has 19 heavy (non-hydrogen) atoms. The second-order valence-corrected chi connectivity index (χ2v) is 4.87. The van der Waals surface area contributed by atoms with Gasteiger partial charge in [-0.2, -0.15) is 0 Å². The minimum atomic E-state index is -0.0888. The minimum Gasteiger partial charge on any atom is -0.492 e. The third-order valence-corrected chi connectivity index (χ3v) is 2.81. The van der Waals surface area contributed by atoms with E-state index in [2.05, 4.69) is 30.2 Å². The topological polar surface area (TPSA) is 66.0 Å². The lowest BCUT2D eigenvalue weighted by Gasteiger charge is -2.08. The van der Waals surface area contributed by atoms with Crippen LogP contribution in [-0.2, 0) is 6.54 Å². The van der Waals surface area contributed by atoms with E-state index < -0.39 is 0 Å². The summed E-state index contributed by atoms with van der Waals surface area (Å²) in [6.45, 7) is 7.23. The second-order valence-electron chi connectivity index (χ2n) is 4.87. The molecule has 2 N–H and O–H groups in total. The van der Waals surface area contributed by atoms with E-state index in [0.29, 0.717) is 13.2 Å². The molecule has 0 bridgehead atoms. The van der Waals surface area contributed by atoms with Gasteiger partial charge in [0.2, 0.25) is 0 Å². The van der Waals surface area contributed by atoms with Crippen molar-refractivity contribution in [2.45, 2.75) is 33.4 Å². The fourth-order valence-corrected chi connectivity index (χ4v) is 1.90. The quantitative estimate of drug-likeness (QED) is 0.893. The van der Waals surface area contributed by atoms with E-state index >= 15 is 0 Å². The van der Waals surface area contributed by atoms with Gasteiger partial charge in [-0.3, -0.25) is 0 Å². The van der Waals surface area contributed by atoms with Crippen LogP contribution in [0.4, 0.5) is 0 Å². The van der Waals surface area contributed by atoms with E-state index in [0.717, 1.165) is 11.4 Å². The van der Waals surface area contributed by atoms with Crippen molar-refractivity contribution < 1.29 is 4.74 Å². The number of benzene rings is 1. The Labute approximate surface area is 113 Å². The number of hydrogen-bond acceptors (Lipinski definition) is 4. The molecule has 1 aromatic heterocycles. The molecule has 0 amide bonds. The highest BCUT2D eigenvalue weighted by Crippen LogP contribution is 2.16. The van der Waals surface area contributed by atoms with Crippen LogP contribution < -0.4 is 10.5 Å². The third-order valence-electron chi connectivity index (χ3n) is 2.81. The number of nitrogens with two attached hydrogens (primary N) is 1. The Morgan fingerprint density at radius 2 is 1.95 bits per heavy atom. The van der Waals surface area contributed by atoms with Crippen LogP contribution in [0.3, 0.4) is 0 Å². The van der Waals surface area contributed by atoms with Crippen molar-refractivity contribution >= 4 is 0 Å². The van der Waals surface area contributed by atoms with Gasteiger partial charge in [0.05, 0.1) is 18.4 Å². The zero-order valence-electron chi connectivity index (χ0n) is 11.6. The molecule has 0 fully saturated rings. The Kier molecular flexibility index (Phi) is 4.16. The van der Waals surface area contributed by atoms with E-state index in [1.807, 2.05) is 25.3 Å². The fourth-order valence-electron chi connectivity index (χ4n) is 1.90. The normalized spacial score (nSPS) is 12.4. The summed E-state index contributed by atoms with van der Waals surface area (Å²) in [7, 11) is 0. The van der Waals surface area contributed by atoms with Crippen molar-refractivity contribution in [2.24, 2.45) is 5.73 Å². The maximum Gasteiger partial charge on any atom is 0.119 e. The molecule has 0 spiro atoms. The van der Waals surface area contributed by atoms with E-state index in [1.54, 1.807) is 4.68 Å². The van der Waals surface area contributed by atoms with Crippen LogP contribution in [-0.4, -0.2) is 21.6 Å². The van der Waals surface area contributed by atoms with Crippen LogP contribution in [0, 0.1) is 13.8 Å². The number of aromatic nitrogens is 3. The van der Waals surface area contributed by atoms with Crippen LogP contribution in [0.2, 0.25) is 0 Å². The first-order valence-electron chi connectivity index (χ1n) is 6.41. The molecule has 0 saturated carbocycles. The third kappa shape index (κ3) is 3.79. The van der Waals surface area contributed by atoms with Crippen LogP contribution in [0.5, 0.6) is 5.75 Å². The van der Waals surface area contributed by atoms with Gasteiger partial charge in [-0.25, -0.2) is 4.68 Å². The lowest BCUT2D eigenvalue weighted by Crippen LogP contribution is -2.09. The largest absolute Gasteiger partial charge is 0.492 e. The monoisotopic (exact) mass is 260 g/mol. The molecule has 1 heterocycles. The van der Waals surface area contributed by atoms with E-state index in [4.69, 9.17) is 10.5 Å². The number of rotatable bonds is 5. The van der Waals surface area contributed by atoms with Gasteiger partial charge >= 0.3 is 0 Å². The summed E-state index contributed by atoms with van der Waals surface area (Å²) in [5.41, 5.74) is 8.94. The van der Waals surface area contributed by atoms with Gasteiger partial charge < -0.3 is 10.5 Å². The van der Waals surface area contributed by atoms with Crippen molar-refractivity contribution in [3.8, 4) is 5.75 Å². The van der Waals surface area contributed by atoms with Crippen LogP contribution >= 0.6 is 0 Å². The summed E-state index contributed by atoms with van der Waals surface area (Å²) >= 11 is 0. The fraction of sp³-hybridized carbons (Fsp3) is 0.429. The van der Waals surface area contributed by atoms with Crippen molar-refractivity contribution in [3.63, 3.8) is 0 Å². The summed E-state index contributed by atoms with van der Waals surface area (Å²) in [6, 6.07) is 6.09. The average molecular weight is 260 g/mol. The number of ether oxygens (including phenoxy) is 1. The maximum atomic E-state index is 5.73. The predicted molar refractivity (Wildman–Crippen MR) is 74.0 cm³/mol. The maximum absolute atomic E-state index is 5.73. The minimum absolute atomic E-state index is 0.0888. The summed E-state index contributed by atoms with van der Waals surface area (Å²) in [6.07, 6.45) is 1.86. The number of aryl methyl sites for hydroxylation is 2. The van der Waals surface area contributed by atoms with Gasteiger partial charge in [0.15, 0.2) is 0 Å². The number of nitrogens with zero attached hydrogens (tertiary/aromatic N) is 3. The summed E-state index contributed by atoms with van der Waals surface area (Å²) < 4.78 is 7.47. The second kappa shape index (κ2) is 5.84. The smallest absolute Gasteiger partial charge is 0.119 e. The number of hydrogen-bond donors (Lipinski definition) is 1. The molecule has 0 saturated heterocycles. The summed E-state index contributed by atoms with van der Waals surface area (Å²) in [4.78, 5) is 0. The van der Waals surface area contributed by atoms with Crippen LogP contribution in [0.1, 0.15) is 29.8 Å². The summed E-state index contributed by atoms with van der Waals surface area (Å²) in [5.74, 6) is 0.894. The molecule has 2 rings (SSSR count). The lowest BCUT2D eigenvalue weighted by atomic mass is 10.1. The summed E-state index contributed by atoms with van der Waals surface area (Å²) in [5, 5.41) is 8.01. The molecule has 1 aromatic carbocycles. The van der Waals surface area contributed by atoms with Gasteiger partial charge in [-0.15, -0.1) is 5.10 Å². The van der Waals surface area contributed by atoms with E-state index in [9.17, 15) is 0 Å². The van der Waals surface area contributed by atoms with Crippen LogP contribution in [0.15, 0.2) is 24.4 Å². The zero-order chi connectivity index (χ0) is 13.8. The van der Waals surface area contributed by atoms with E-state index in [-0.39, 0.29) is 6.04 Å². The Hall–Kier alpha value is -1.88. The molecule has 0 aliphatic heterocycles. The average Bonchev–Trinajstić information content (AvgIpc) is 2.76. The molecule has 0 radical (unpaired) electrons. The first-order chi connectivity index (χ1) is 9.04. The first kappa shape index (κ1) is 13.5. The molecule has 102 valence electrons. The van der Waals surface area contributed by atoms with Gasteiger partial charge in [-0.05, 0) is 44.0 Å². The van der Waals surface area contributed by atoms with Crippen LogP contribution in [0.25, 0.3) is 0 Å². The Morgan fingerprint density at radius 1 is 1.26 bits per heavy atom. The SMILES string of the molecule is Cc1cc(C)cc(OCCn2cc(C(C)N)nn2)c1. The van der Waals surface area contributed by atoms with Crippen molar-refractivity contribution in [3.05, 3.63) is 41.2 Å². The van der Waals surface area contributed by atoms with Crippen molar-refractivity contribution in [1.82, 2.24) is 15.0 Å². The molecule has 5 heteroatoms. The molecule has 1 atom stereocenters. The zero-order valence-corrected chi connectivity index (χ0v) is 11.6. The standard InChI is InChI=1S/C14H20N4O/c1-10-6-11(2)8-13(7-10)19-5-4-18-9-14(12(3)15)16-17-18/h6-9,12H,4-5,15H2,1-3H3. The molecular formula is C14H20N4O. The highest BCUT2D eigenvalue weighted by atomic mass is 16.5. The lowest BCUT2D eigenvalue weighted by molar-refractivity contribution is 0.289. The predicted octanol–water partition coefficient (Wildman–Crippen LogP) is 1.99. The highest BCUT2D eigenvalue weighted by molar-refractivity contribution is 5.32. The molecule has 0 aliphatic carbocycles. The Balaban J connectivity index is 1.88. The first-order valence-corrected chi connectivity index (χ1v) is 6.41. The van der Waals surface area contributed by atoms with Gasteiger partial charge in [0.1, 0.15) is 12.4 Å². The van der Waals surface area contributed by atoms with Gasteiger partial charge in [0, 0.05) is 6.04 Å².